The molecule has 0 aliphatic heterocycles. The van der Waals surface area contributed by atoms with Crippen molar-refractivity contribution >= 4 is 46.6 Å². The molecule has 4 nitrogen and oxygen atoms in total. The predicted molar refractivity (Wildman–Crippen MR) is 117 cm³/mol. The molecule has 0 saturated carbocycles. The van der Waals surface area contributed by atoms with Crippen LogP contribution in [0.4, 0.5) is 24.5 Å². The first-order valence-corrected chi connectivity index (χ1v) is 10.3. The standard InChI is InChI=1S/C22H16ClF3N2O2S/c23-15-5-3-4-14(12-15)21(30)27-16-8-10-17(11-9-16)31-13-20(29)28-19-7-2-1-6-18(19)22(24,25)26/h1-12H,13H2,(H,27,30)(H,28,29). The third kappa shape index (κ3) is 6.50. The lowest BCUT2D eigenvalue weighted by Crippen LogP contribution is -2.18. The van der Waals surface area contributed by atoms with Gasteiger partial charge in [-0.15, -0.1) is 11.8 Å². The van der Waals surface area contributed by atoms with Crippen LogP contribution in [0.15, 0.2) is 77.7 Å². The lowest BCUT2D eigenvalue weighted by molar-refractivity contribution is -0.137. The van der Waals surface area contributed by atoms with E-state index in [1.807, 2.05) is 0 Å². The Morgan fingerprint density at radius 2 is 1.61 bits per heavy atom. The monoisotopic (exact) mass is 464 g/mol. The SMILES string of the molecule is O=C(CSc1ccc(NC(=O)c2cccc(Cl)c2)cc1)Nc1ccccc1C(F)(F)F. The Labute approximate surface area is 185 Å². The van der Waals surface area contributed by atoms with Crippen LogP contribution in [0.25, 0.3) is 0 Å². The topological polar surface area (TPSA) is 58.2 Å². The largest absolute Gasteiger partial charge is 0.418 e. The first-order valence-electron chi connectivity index (χ1n) is 8.98. The van der Waals surface area contributed by atoms with Gasteiger partial charge >= 0.3 is 6.18 Å². The maximum Gasteiger partial charge on any atom is 0.418 e. The fourth-order valence-electron chi connectivity index (χ4n) is 2.64. The molecule has 0 aliphatic rings. The second kappa shape index (κ2) is 9.89. The highest BCUT2D eigenvalue weighted by molar-refractivity contribution is 8.00. The van der Waals surface area contributed by atoms with Crippen molar-refractivity contribution in [3.63, 3.8) is 0 Å². The number of amides is 2. The van der Waals surface area contributed by atoms with E-state index in [0.717, 1.165) is 22.7 Å². The summed E-state index contributed by atoms with van der Waals surface area (Å²) in [6, 6.07) is 18.1. The van der Waals surface area contributed by atoms with Crippen LogP contribution in [-0.2, 0) is 11.0 Å². The van der Waals surface area contributed by atoms with Crippen molar-refractivity contribution in [1.82, 2.24) is 0 Å². The molecule has 2 N–H and O–H groups in total. The molecule has 31 heavy (non-hydrogen) atoms. The molecule has 0 unspecified atom stereocenters. The zero-order valence-electron chi connectivity index (χ0n) is 15.9. The van der Waals surface area contributed by atoms with E-state index < -0.39 is 17.6 Å². The van der Waals surface area contributed by atoms with Crippen molar-refractivity contribution in [2.24, 2.45) is 0 Å². The van der Waals surface area contributed by atoms with Gasteiger partial charge in [0, 0.05) is 21.2 Å². The van der Waals surface area contributed by atoms with Crippen LogP contribution in [0.3, 0.4) is 0 Å². The summed E-state index contributed by atoms with van der Waals surface area (Å²) in [5, 5.41) is 5.49. The van der Waals surface area contributed by atoms with Crippen LogP contribution >= 0.6 is 23.4 Å². The number of hydrogen-bond donors (Lipinski definition) is 2. The van der Waals surface area contributed by atoms with Crippen LogP contribution in [0.5, 0.6) is 0 Å². The van der Waals surface area contributed by atoms with Crippen molar-refractivity contribution in [3.8, 4) is 0 Å². The number of para-hydroxylation sites is 1. The van der Waals surface area contributed by atoms with Crippen molar-refractivity contribution in [1.29, 1.82) is 0 Å². The van der Waals surface area contributed by atoms with E-state index in [9.17, 15) is 22.8 Å². The van der Waals surface area contributed by atoms with Crippen molar-refractivity contribution in [2.45, 2.75) is 11.1 Å². The fourth-order valence-corrected chi connectivity index (χ4v) is 3.53. The van der Waals surface area contributed by atoms with Gasteiger partial charge in [-0.1, -0.05) is 29.8 Å². The number of alkyl halides is 3. The Kier molecular flexibility index (Phi) is 7.25. The van der Waals surface area contributed by atoms with Gasteiger partial charge in [0.1, 0.15) is 0 Å². The first-order chi connectivity index (χ1) is 14.7. The van der Waals surface area contributed by atoms with Gasteiger partial charge in [0.2, 0.25) is 5.91 Å². The highest BCUT2D eigenvalue weighted by Crippen LogP contribution is 2.34. The van der Waals surface area contributed by atoms with Crippen molar-refractivity contribution < 1.29 is 22.8 Å². The first kappa shape index (κ1) is 22.7. The number of anilines is 2. The summed E-state index contributed by atoms with van der Waals surface area (Å²) in [6.45, 7) is 0. The summed E-state index contributed by atoms with van der Waals surface area (Å²) in [7, 11) is 0. The molecule has 3 rings (SSSR count). The molecule has 9 heteroatoms. The van der Waals surface area contributed by atoms with Gasteiger partial charge < -0.3 is 10.6 Å². The maximum atomic E-state index is 13.0. The van der Waals surface area contributed by atoms with E-state index in [2.05, 4.69) is 10.6 Å². The predicted octanol–water partition coefficient (Wildman–Crippen LogP) is 6.34. The van der Waals surface area contributed by atoms with Crippen molar-refractivity contribution in [2.75, 3.05) is 16.4 Å². The molecule has 0 radical (unpaired) electrons. The van der Waals surface area contributed by atoms with E-state index in [0.29, 0.717) is 16.3 Å². The van der Waals surface area contributed by atoms with Gasteiger partial charge in [-0.3, -0.25) is 9.59 Å². The minimum atomic E-state index is -4.55. The molecule has 0 spiro atoms. The fraction of sp³-hybridized carbons (Fsp3) is 0.0909. The van der Waals surface area contributed by atoms with Crippen LogP contribution in [0.2, 0.25) is 5.02 Å². The normalized spacial score (nSPS) is 11.1. The summed E-state index contributed by atoms with van der Waals surface area (Å²) in [5.74, 6) is -0.939. The average molecular weight is 465 g/mol. The zero-order chi connectivity index (χ0) is 22.4. The van der Waals surface area contributed by atoms with Gasteiger partial charge in [-0.2, -0.15) is 13.2 Å². The van der Waals surface area contributed by atoms with E-state index in [1.165, 1.54) is 18.2 Å². The number of hydrogen-bond acceptors (Lipinski definition) is 3. The molecular weight excluding hydrogens is 449 g/mol. The van der Waals surface area contributed by atoms with Crippen LogP contribution in [0.1, 0.15) is 15.9 Å². The maximum absolute atomic E-state index is 13.0. The number of carbonyl (C=O) groups is 2. The molecule has 3 aromatic carbocycles. The van der Waals surface area contributed by atoms with Gasteiger partial charge in [-0.05, 0) is 54.6 Å². The highest BCUT2D eigenvalue weighted by atomic mass is 35.5. The van der Waals surface area contributed by atoms with E-state index in [4.69, 9.17) is 11.6 Å². The summed E-state index contributed by atoms with van der Waals surface area (Å²) in [5.41, 5.74) is -0.201. The number of nitrogens with one attached hydrogen (secondary N) is 2. The molecule has 0 atom stereocenters. The Morgan fingerprint density at radius 3 is 2.29 bits per heavy atom. The smallest absolute Gasteiger partial charge is 0.325 e. The molecule has 0 bridgehead atoms. The van der Waals surface area contributed by atoms with Crippen LogP contribution in [-0.4, -0.2) is 17.6 Å². The third-order valence-electron chi connectivity index (χ3n) is 4.08. The minimum Gasteiger partial charge on any atom is -0.325 e. The molecular formula is C22H16ClF3N2O2S. The van der Waals surface area contributed by atoms with E-state index in [-0.39, 0.29) is 17.3 Å². The number of benzene rings is 3. The van der Waals surface area contributed by atoms with E-state index >= 15 is 0 Å². The van der Waals surface area contributed by atoms with Crippen LogP contribution in [0, 0.1) is 0 Å². The zero-order valence-corrected chi connectivity index (χ0v) is 17.4. The summed E-state index contributed by atoms with van der Waals surface area (Å²) in [4.78, 5) is 25.0. The highest BCUT2D eigenvalue weighted by Gasteiger charge is 2.33. The average Bonchev–Trinajstić information content (AvgIpc) is 2.73. The van der Waals surface area contributed by atoms with Gasteiger partial charge in [0.25, 0.3) is 5.91 Å². The third-order valence-corrected chi connectivity index (χ3v) is 5.32. The van der Waals surface area contributed by atoms with Crippen molar-refractivity contribution in [3.05, 3.63) is 88.9 Å². The number of rotatable bonds is 6. The van der Waals surface area contributed by atoms with E-state index in [1.54, 1.807) is 48.5 Å². The molecule has 0 heterocycles. The number of thioether (sulfide) groups is 1. The number of halogens is 4. The molecule has 160 valence electrons. The van der Waals surface area contributed by atoms with Gasteiger partial charge in [0.05, 0.1) is 17.0 Å². The summed E-state index contributed by atoms with van der Waals surface area (Å²) < 4.78 is 39.0. The van der Waals surface area contributed by atoms with Crippen LogP contribution < -0.4 is 10.6 Å². The second-order valence-corrected chi connectivity index (χ2v) is 7.85. The Balaban J connectivity index is 1.55. The second-order valence-electron chi connectivity index (χ2n) is 6.37. The molecule has 0 saturated heterocycles. The Hall–Kier alpha value is -2.97. The van der Waals surface area contributed by atoms with Gasteiger partial charge in [-0.25, -0.2) is 0 Å². The molecule has 0 fully saturated rings. The quantitative estimate of drug-likeness (QED) is 0.418. The summed E-state index contributed by atoms with van der Waals surface area (Å²) in [6.07, 6.45) is -4.55. The Morgan fingerprint density at radius 1 is 0.903 bits per heavy atom. The minimum absolute atomic E-state index is 0.0690. The summed E-state index contributed by atoms with van der Waals surface area (Å²) >= 11 is 7.05. The lowest BCUT2D eigenvalue weighted by atomic mass is 10.1. The lowest BCUT2D eigenvalue weighted by Gasteiger charge is -2.13. The number of carbonyl (C=O) groups excluding carboxylic acids is 2. The molecule has 2 amide bonds. The molecule has 0 aromatic heterocycles. The Bertz CT molecular complexity index is 1090. The molecule has 0 aliphatic carbocycles. The van der Waals surface area contributed by atoms with Gasteiger partial charge in [0.15, 0.2) is 0 Å². The molecule has 3 aromatic rings.